The lowest BCUT2D eigenvalue weighted by molar-refractivity contribution is -0.276. The van der Waals surface area contributed by atoms with Gasteiger partial charge in [0.25, 0.3) is 0 Å². The molecule has 0 atom stereocenters. The first-order chi connectivity index (χ1) is 7.37. The van der Waals surface area contributed by atoms with E-state index in [1.807, 2.05) is 0 Å². The average molecular weight is 243 g/mol. The zero-order chi connectivity index (χ0) is 12.3. The molecule has 0 saturated carbocycles. The Hall–Kier alpha value is -1.44. The van der Waals surface area contributed by atoms with Crippen molar-refractivity contribution in [3.8, 4) is 5.88 Å². The minimum atomic E-state index is -5.03. The van der Waals surface area contributed by atoms with Gasteiger partial charge in [-0.3, -0.25) is 0 Å². The van der Waals surface area contributed by atoms with Crippen LogP contribution in [0.4, 0.5) is 22.0 Å². The molecule has 0 fully saturated rings. The van der Waals surface area contributed by atoms with Crippen LogP contribution in [0, 0.1) is 5.95 Å². The van der Waals surface area contributed by atoms with Crippen molar-refractivity contribution in [2.24, 2.45) is 0 Å². The molecule has 0 bridgehead atoms. The number of rotatable bonds is 3. The first-order valence-corrected chi connectivity index (χ1v) is 3.98. The number of hydrogen-bond acceptors (Lipinski definition) is 3. The van der Waals surface area contributed by atoms with Crippen LogP contribution in [-0.4, -0.2) is 16.5 Å². The van der Waals surface area contributed by atoms with Gasteiger partial charge >= 0.3 is 6.36 Å². The molecule has 16 heavy (non-hydrogen) atoms. The Morgan fingerprint density at radius 2 is 2.00 bits per heavy atom. The molecule has 0 amide bonds. The lowest BCUT2D eigenvalue weighted by Gasteiger charge is -2.10. The van der Waals surface area contributed by atoms with Crippen LogP contribution in [0.2, 0.25) is 0 Å². The Balaban J connectivity index is 3.10. The summed E-state index contributed by atoms with van der Waals surface area (Å²) in [5.74, 6) is -2.49. The maximum Gasteiger partial charge on any atom is 0.574 e. The summed E-state index contributed by atoms with van der Waals surface area (Å²) in [5.41, 5.74) is -0.925. The van der Waals surface area contributed by atoms with E-state index in [2.05, 4.69) is 9.72 Å². The highest BCUT2D eigenvalue weighted by molar-refractivity contribution is 5.29. The number of aliphatic hydroxyl groups is 1. The molecule has 90 valence electrons. The molecule has 0 aliphatic rings. The van der Waals surface area contributed by atoms with Crippen molar-refractivity contribution in [2.45, 2.75) is 19.6 Å². The predicted molar refractivity (Wildman–Crippen MR) is 41.6 cm³/mol. The van der Waals surface area contributed by atoms with E-state index in [1.165, 1.54) is 0 Å². The second kappa shape index (κ2) is 4.60. The predicted octanol–water partition coefficient (Wildman–Crippen LogP) is 2.08. The molecule has 0 aliphatic heterocycles. The summed E-state index contributed by atoms with van der Waals surface area (Å²) in [6.45, 7) is -2.09. The number of halogens is 5. The zero-order valence-electron chi connectivity index (χ0n) is 7.68. The van der Waals surface area contributed by atoms with Crippen molar-refractivity contribution >= 4 is 0 Å². The highest BCUT2D eigenvalue weighted by Gasteiger charge is 2.32. The van der Waals surface area contributed by atoms with E-state index in [1.54, 1.807) is 0 Å². The number of alkyl halides is 4. The van der Waals surface area contributed by atoms with Gasteiger partial charge in [0.2, 0.25) is 11.8 Å². The Bertz CT molecular complexity index is 379. The summed E-state index contributed by atoms with van der Waals surface area (Å²) in [6, 6.07) is 0.585. The minimum Gasteiger partial charge on any atom is -0.391 e. The average Bonchev–Trinajstić information content (AvgIpc) is 2.14. The number of ether oxygens (including phenoxy) is 1. The van der Waals surface area contributed by atoms with E-state index in [0.29, 0.717) is 6.07 Å². The van der Waals surface area contributed by atoms with Gasteiger partial charge in [0.1, 0.15) is 6.67 Å². The molecule has 0 saturated heterocycles. The number of hydrogen-bond donors (Lipinski definition) is 1. The normalized spacial score (nSPS) is 11.6. The molecule has 1 aromatic heterocycles. The van der Waals surface area contributed by atoms with E-state index < -0.39 is 42.6 Å². The molecule has 8 heteroatoms. The molecule has 3 nitrogen and oxygen atoms in total. The van der Waals surface area contributed by atoms with Crippen molar-refractivity contribution in [2.75, 3.05) is 0 Å². The quantitative estimate of drug-likeness (QED) is 0.652. The van der Waals surface area contributed by atoms with Crippen LogP contribution in [0.5, 0.6) is 5.88 Å². The highest BCUT2D eigenvalue weighted by atomic mass is 19.4. The first-order valence-electron chi connectivity index (χ1n) is 3.98. The standard InChI is InChI=1S/C8H6F5NO2/c9-2-4-1-6(16-8(11,12)13)14-7(10)5(4)3-15/h1,15H,2-3H2. The summed E-state index contributed by atoms with van der Waals surface area (Å²) in [6.07, 6.45) is -5.03. The molecule has 0 unspecified atom stereocenters. The Kier molecular flexibility index (Phi) is 3.63. The van der Waals surface area contributed by atoms with Crippen molar-refractivity contribution in [3.05, 3.63) is 23.1 Å². The van der Waals surface area contributed by atoms with Crippen LogP contribution in [0.1, 0.15) is 11.1 Å². The SMILES string of the molecule is OCc1c(CF)cc(OC(F)(F)F)nc1F. The van der Waals surface area contributed by atoms with Gasteiger partial charge < -0.3 is 9.84 Å². The Labute approximate surface area is 86.5 Å². The monoisotopic (exact) mass is 243 g/mol. The van der Waals surface area contributed by atoms with Crippen molar-refractivity contribution in [1.82, 2.24) is 4.98 Å². The molecule has 1 aromatic rings. The number of aliphatic hydroxyl groups excluding tert-OH is 1. The van der Waals surface area contributed by atoms with Gasteiger partial charge in [-0.2, -0.15) is 9.37 Å². The third kappa shape index (κ3) is 3.02. The fourth-order valence-electron chi connectivity index (χ4n) is 1.02. The summed E-state index contributed by atoms with van der Waals surface area (Å²) < 4.78 is 63.9. The molecule has 0 aliphatic carbocycles. The van der Waals surface area contributed by atoms with Crippen LogP contribution in [-0.2, 0) is 13.3 Å². The summed E-state index contributed by atoms with van der Waals surface area (Å²) in [7, 11) is 0. The van der Waals surface area contributed by atoms with E-state index in [9.17, 15) is 22.0 Å². The van der Waals surface area contributed by atoms with Gasteiger partial charge in [0.05, 0.1) is 6.61 Å². The molecule has 1 heterocycles. The van der Waals surface area contributed by atoms with Gasteiger partial charge in [-0.1, -0.05) is 0 Å². The van der Waals surface area contributed by atoms with E-state index in [0.717, 1.165) is 0 Å². The van der Waals surface area contributed by atoms with Crippen LogP contribution in [0.3, 0.4) is 0 Å². The summed E-state index contributed by atoms with van der Waals surface area (Å²) in [5, 5.41) is 8.64. The molecule has 0 aromatic carbocycles. The van der Waals surface area contributed by atoms with Gasteiger partial charge in [-0.05, 0) is 5.56 Å². The van der Waals surface area contributed by atoms with Crippen molar-refractivity contribution in [3.63, 3.8) is 0 Å². The summed E-state index contributed by atoms with van der Waals surface area (Å²) >= 11 is 0. The Morgan fingerprint density at radius 1 is 1.38 bits per heavy atom. The summed E-state index contributed by atoms with van der Waals surface area (Å²) in [4.78, 5) is 2.80. The maximum absolute atomic E-state index is 13.0. The fraction of sp³-hybridized carbons (Fsp3) is 0.375. The van der Waals surface area contributed by atoms with Crippen molar-refractivity contribution in [1.29, 1.82) is 0 Å². The van der Waals surface area contributed by atoms with Gasteiger partial charge in [-0.15, -0.1) is 13.2 Å². The van der Waals surface area contributed by atoms with Crippen LogP contribution < -0.4 is 4.74 Å². The van der Waals surface area contributed by atoms with Crippen LogP contribution >= 0.6 is 0 Å². The van der Waals surface area contributed by atoms with Crippen molar-refractivity contribution < 1.29 is 31.8 Å². The highest BCUT2D eigenvalue weighted by Crippen LogP contribution is 2.24. The van der Waals surface area contributed by atoms with Gasteiger partial charge in [0, 0.05) is 11.6 Å². The number of nitrogens with zero attached hydrogens (tertiary/aromatic N) is 1. The maximum atomic E-state index is 13.0. The lowest BCUT2D eigenvalue weighted by atomic mass is 10.1. The second-order valence-corrected chi connectivity index (χ2v) is 2.73. The Morgan fingerprint density at radius 3 is 2.44 bits per heavy atom. The van der Waals surface area contributed by atoms with E-state index >= 15 is 0 Å². The van der Waals surface area contributed by atoms with Crippen LogP contribution in [0.15, 0.2) is 6.07 Å². The van der Waals surface area contributed by atoms with E-state index in [4.69, 9.17) is 5.11 Å². The van der Waals surface area contributed by atoms with Crippen LogP contribution in [0.25, 0.3) is 0 Å². The third-order valence-electron chi connectivity index (χ3n) is 1.67. The first kappa shape index (κ1) is 12.6. The lowest BCUT2D eigenvalue weighted by Crippen LogP contribution is -2.18. The smallest absolute Gasteiger partial charge is 0.391 e. The number of pyridine rings is 1. The second-order valence-electron chi connectivity index (χ2n) is 2.73. The molecule has 1 N–H and O–H groups in total. The number of aromatic nitrogens is 1. The molecular weight excluding hydrogens is 237 g/mol. The fourth-order valence-corrected chi connectivity index (χ4v) is 1.02. The van der Waals surface area contributed by atoms with E-state index in [-0.39, 0.29) is 0 Å². The molecular formula is C8H6F5NO2. The topological polar surface area (TPSA) is 42.4 Å². The molecule has 0 spiro atoms. The molecule has 0 radical (unpaired) electrons. The van der Waals surface area contributed by atoms with Gasteiger partial charge in [-0.25, -0.2) is 4.39 Å². The largest absolute Gasteiger partial charge is 0.574 e. The third-order valence-corrected chi connectivity index (χ3v) is 1.67. The zero-order valence-corrected chi connectivity index (χ0v) is 7.68. The molecule has 1 rings (SSSR count). The van der Waals surface area contributed by atoms with Gasteiger partial charge in [0.15, 0.2) is 0 Å². The minimum absolute atomic E-state index is 0.436.